The number of nitro benzene ring substituents is 1. The Morgan fingerprint density at radius 3 is 2.67 bits per heavy atom. The molecule has 1 aliphatic carbocycles. The van der Waals surface area contributed by atoms with Gasteiger partial charge in [0, 0.05) is 42.7 Å². The van der Waals surface area contributed by atoms with Crippen LogP contribution in [0.1, 0.15) is 43.0 Å². The van der Waals surface area contributed by atoms with Gasteiger partial charge in [-0.05, 0) is 36.2 Å². The van der Waals surface area contributed by atoms with Crippen LogP contribution in [0.5, 0.6) is 0 Å². The van der Waals surface area contributed by atoms with E-state index in [4.69, 9.17) is 4.42 Å². The highest BCUT2D eigenvalue weighted by Crippen LogP contribution is 2.47. The predicted octanol–water partition coefficient (Wildman–Crippen LogP) is 5.11. The van der Waals surface area contributed by atoms with Gasteiger partial charge in [0.05, 0.1) is 28.6 Å². The minimum atomic E-state index is -0.793. The van der Waals surface area contributed by atoms with Gasteiger partial charge in [-0.1, -0.05) is 24.3 Å². The van der Waals surface area contributed by atoms with E-state index >= 15 is 0 Å². The molecule has 2 aromatic carbocycles. The quantitative estimate of drug-likeness (QED) is 0.445. The molecule has 33 heavy (non-hydrogen) atoms. The zero-order valence-electron chi connectivity index (χ0n) is 17.9. The van der Waals surface area contributed by atoms with E-state index in [1.165, 1.54) is 19.1 Å². The van der Waals surface area contributed by atoms with Crippen LogP contribution in [0.2, 0.25) is 0 Å². The maximum Gasteiger partial charge on any atom is 0.269 e. The standard InChI is InChI=1S/C25H21N3O5/c1-15(29)27-21-9-3-2-8-19(21)26-20-13-17(23-10-5-11-33-23)14-22(30)24(20)25(27)16-6-4-7-18(12-16)28(31)32/h2-12,17,25-26H,13-14H2,1H3/t17-,25+/m1/s1. The number of carbonyl (C=O) groups excluding carboxylic acids is 2. The molecule has 0 unspecified atom stereocenters. The number of furan rings is 1. The van der Waals surface area contributed by atoms with E-state index in [0.29, 0.717) is 34.6 Å². The summed E-state index contributed by atoms with van der Waals surface area (Å²) in [6.45, 7) is 1.44. The number of nitro groups is 1. The Bertz CT molecular complexity index is 1290. The summed E-state index contributed by atoms with van der Waals surface area (Å²) < 4.78 is 5.57. The number of fused-ring (bicyclic) bond motifs is 1. The van der Waals surface area contributed by atoms with Crippen molar-refractivity contribution in [2.24, 2.45) is 0 Å². The lowest BCUT2D eigenvalue weighted by Gasteiger charge is -2.34. The van der Waals surface area contributed by atoms with Crippen molar-refractivity contribution < 1.29 is 18.9 Å². The van der Waals surface area contributed by atoms with E-state index in [1.54, 1.807) is 35.4 Å². The normalized spacial score (nSPS) is 19.9. The van der Waals surface area contributed by atoms with E-state index in [9.17, 15) is 19.7 Å². The number of hydrogen-bond acceptors (Lipinski definition) is 6. The molecule has 0 spiro atoms. The van der Waals surface area contributed by atoms with Crippen molar-refractivity contribution in [3.63, 3.8) is 0 Å². The van der Waals surface area contributed by atoms with Gasteiger partial charge in [0.15, 0.2) is 5.78 Å². The molecule has 166 valence electrons. The number of anilines is 2. The maximum atomic E-state index is 13.6. The number of hydrogen-bond donors (Lipinski definition) is 1. The zero-order valence-corrected chi connectivity index (χ0v) is 17.9. The van der Waals surface area contributed by atoms with E-state index in [2.05, 4.69) is 5.32 Å². The fourth-order valence-corrected chi connectivity index (χ4v) is 4.79. The van der Waals surface area contributed by atoms with E-state index < -0.39 is 11.0 Å². The Morgan fingerprint density at radius 1 is 1.12 bits per heavy atom. The molecule has 5 rings (SSSR count). The summed E-state index contributed by atoms with van der Waals surface area (Å²) in [4.78, 5) is 39.1. The lowest BCUT2D eigenvalue weighted by molar-refractivity contribution is -0.384. The summed E-state index contributed by atoms with van der Waals surface area (Å²) in [6.07, 6.45) is 2.32. The van der Waals surface area contributed by atoms with Crippen LogP contribution in [0.3, 0.4) is 0 Å². The van der Waals surface area contributed by atoms with Crippen LogP contribution in [0.25, 0.3) is 0 Å². The summed E-state index contributed by atoms with van der Waals surface area (Å²) in [5.74, 6) is 0.196. The van der Waals surface area contributed by atoms with Crippen molar-refractivity contribution in [3.05, 3.63) is 99.6 Å². The van der Waals surface area contributed by atoms with Crippen LogP contribution in [0.4, 0.5) is 17.1 Å². The molecular weight excluding hydrogens is 422 g/mol. The van der Waals surface area contributed by atoms with Crippen molar-refractivity contribution >= 4 is 28.8 Å². The molecule has 2 heterocycles. The zero-order chi connectivity index (χ0) is 23.1. The minimum absolute atomic E-state index is 0.0969. The molecule has 0 bridgehead atoms. The summed E-state index contributed by atoms with van der Waals surface area (Å²) in [6, 6.07) is 16.3. The predicted molar refractivity (Wildman–Crippen MR) is 122 cm³/mol. The van der Waals surface area contributed by atoms with Crippen molar-refractivity contribution in [1.29, 1.82) is 0 Å². The summed E-state index contributed by atoms with van der Waals surface area (Å²) in [5.41, 5.74) is 2.86. The number of ketones is 1. The third-order valence-electron chi connectivity index (χ3n) is 6.17. The lowest BCUT2D eigenvalue weighted by Crippen LogP contribution is -2.37. The van der Waals surface area contributed by atoms with Crippen LogP contribution in [0, 0.1) is 10.1 Å². The third-order valence-corrected chi connectivity index (χ3v) is 6.17. The smallest absolute Gasteiger partial charge is 0.269 e. The van der Waals surface area contributed by atoms with Gasteiger partial charge in [-0.25, -0.2) is 0 Å². The van der Waals surface area contributed by atoms with Gasteiger partial charge in [0.2, 0.25) is 5.91 Å². The van der Waals surface area contributed by atoms with Crippen molar-refractivity contribution in [3.8, 4) is 0 Å². The summed E-state index contributed by atoms with van der Waals surface area (Å²) in [5, 5.41) is 14.9. The maximum absolute atomic E-state index is 13.6. The van der Waals surface area contributed by atoms with Crippen LogP contribution in [-0.2, 0) is 9.59 Å². The minimum Gasteiger partial charge on any atom is -0.469 e. The number of nitrogens with zero attached hydrogens (tertiary/aromatic N) is 2. The first-order valence-corrected chi connectivity index (χ1v) is 10.6. The van der Waals surface area contributed by atoms with Crippen molar-refractivity contribution in [2.45, 2.75) is 31.7 Å². The second-order valence-electron chi connectivity index (χ2n) is 8.22. The first kappa shape index (κ1) is 20.7. The number of amides is 1. The van der Waals surface area contributed by atoms with Crippen LogP contribution in [-0.4, -0.2) is 16.6 Å². The van der Waals surface area contributed by atoms with E-state index in [-0.39, 0.29) is 29.7 Å². The number of para-hydroxylation sites is 2. The Kier molecular flexibility index (Phi) is 5.05. The topological polar surface area (TPSA) is 106 Å². The second kappa shape index (κ2) is 8.05. The first-order valence-electron chi connectivity index (χ1n) is 10.6. The van der Waals surface area contributed by atoms with Crippen LogP contribution in [0.15, 0.2) is 82.6 Å². The molecule has 8 heteroatoms. The van der Waals surface area contributed by atoms with Crippen LogP contribution < -0.4 is 10.2 Å². The Labute approximate surface area is 189 Å². The number of Topliss-reactive ketones (excluding diaryl/α,β-unsaturated/α-hetero) is 1. The molecule has 1 N–H and O–H groups in total. The highest BCUT2D eigenvalue weighted by molar-refractivity contribution is 6.06. The summed E-state index contributed by atoms with van der Waals surface area (Å²) >= 11 is 0. The molecule has 0 saturated carbocycles. The average molecular weight is 443 g/mol. The van der Waals surface area contributed by atoms with Crippen LogP contribution >= 0.6 is 0 Å². The Balaban J connectivity index is 1.73. The van der Waals surface area contributed by atoms with Gasteiger partial charge in [-0.2, -0.15) is 0 Å². The number of non-ortho nitro benzene ring substituents is 1. The molecule has 3 aromatic rings. The Hall–Kier alpha value is -4.20. The number of benzene rings is 2. The molecule has 2 aliphatic rings. The fraction of sp³-hybridized carbons (Fsp3) is 0.200. The van der Waals surface area contributed by atoms with Crippen molar-refractivity contribution in [2.75, 3.05) is 10.2 Å². The number of rotatable bonds is 3. The highest BCUT2D eigenvalue weighted by Gasteiger charge is 2.41. The molecule has 2 atom stereocenters. The number of nitrogens with one attached hydrogen (secondary N) is 1. The lowest BCUT2D eigenvalue weighted by atomic mass is 9.80. The molecule has 0 radical (unpaired) electrons. The molecule has 1 aliphatic heterocycles. The Morgan fingerprint density at radius 2 is 1.94 bits per heavy atom. The third kappa shape index (κ3) is 3.59. The summed E-state index contributed by atoms with van der Waals surface area (Å²) in [7, 11) is 0. The van der Waals surface area contributed by atoms with Gasteiger partial charge in [0.1, 0.15) is 5.76 Å². The molecule has 1 amide bonds. The van der Waals surface area contributed by atoms with E-state index in [0.717, 1.165) is 5.76 Å². The highest BCUT2D eigenvalue weighted by atomic mass is 16.6. The second-order valence-corrected chi connectivity index (χ2v) is 8.22. The number of allylic oxidation sites excluding steroid dienone is 1. The monoisotopic (exact) mass is 443 g/mol. The first-order chi connectivity index (χ1) is 15.9. The molecule has 8 nitrogen and oxygen atoms in total. The van der Waals surface area contributed by atoms with E-state index in [1.807, 2.05) is 24.3 Å². The van der Waals surface area contributed by atoms with Gasteiger partial charge in [-0.3, -0.25) is 24.6 Å². The number of carbonyl (C=O) groups is 2. The SMILES string of the molecule is CC(=O)N1c2ccccc2NC2=C(C(=O)C[C@H](c3ccco3)C2)[C@@H]1c1cccc([N+](=O)[O-])c1. The molecule has 1 aromatic heterocycles. The van der Waals surface area contributed by atoms with Gasteiger partial charge < -0.3 is 9.73 Å². The van der Waals surface area contributed by atoms with Crippen molar-refractivity contribution in [1.82, 2.24) is 0 Å². The van der Waals surface area contributed by atoms with Gasteiger partial charge in [-0.15, -0.1) is 0 Å². The van der Waals surface area contributed by atoms with Gasteiger partial charge >= 0.3 is 0 Å². The van der Waals surface area contributed by atoms with Gasteiger partial charge in [0.25, 0.3) is 5.69 Å². The molecular formula is C25H21N3O5. The molecule has 0 saturated heterocycles. The fourth-order valence-electron chi connectivity index (χ4n) is 4.79. The molecule has 0 fully saturated rings. The largest absolute Gasteiger partial charge is 0.469 e. The average Bonchev–Trinajstić information content (AvgIpc) is 3.28.